The van der Waals surface area contributed by atoms with E-state index in [2.05, 4.69) is 38.4 Å². The predicted molar refractivity (Wildman–Crippen MR) is 115 cm³/mol. The number of ether oxygens (including phenoxy) is 2. The number of thiophene rings is 1. The van der Waals surface area contributed by atoms with E-state index in [9.17, 15) is 4.79 Å². The zero-order chi connectivity index (χ0) is 20.2. The van der Waals surface area contributed by atoms with Crippen molar-refractivity contribution in [3.05, 3.63) is 46.6 Å². The van der Waals surface area contributed by atoms with Gasteiger partial charge in [0.15, 0.2) is 0 Å². The number of rotatable bonds is 6. The molecule has 1 N–H and O–H groups in total. The molecule has 1 saturated heterocycles. The Labute approximate surface area is 173 Å². The smallest absolute Gasteiger partial charge is 0.348 e. The Morgan fingerprint density at radius 3 is 2.86 bits per heavy atom. The molecule has 0 saturated carbocycles. The summed E-state index contributed by atoms with van der Waals surface area (Å²) in [5, 5.41) is 4.33. The molecule has 152 valence electrons. The van der Waals surface area contributed by atoms with Gasteiger partial charge in [-0.2, -0.15) is 0 Å². The van der Waals surface area contributed by atoms with Gasteiger partial charge in [-0.25, -0.2) is 14.8 Å². The van der Waals surface area contributed by atoms with Crippen molar-refractivity contribution in [2.75, 3.05) is 43.1 Å². The van der Waals surface area contributed by atoms with E-state index in [1.54, 1.807) is 6.92 Å². The van der Waals surface area contributed by atoms with Crippen LogP contribution in [0.2, 0.25) is 0 Å². The number of fused-ring (bicyclic) bond motifs is 1. The number of nitrogens with one attached hydrogen (secondary N) is 1. The van der Waals surface area contributed by atoms with Crippen molar-refractivity contribution in [3.8, 4) is 0 Å². The van der Waals surface area contributed by atoms with Crippen LogP contribution in [0, 0.1) is 6.92 Å². The quantitative estimate of drug-likeness (QED) is 0.620. The fourth-order valence-corrected chi connectivity index (χ4v) is 4.59. The highest BCUT2D eigenvalue weighted by atomic mass is 32.1. The average Bonchev–Trinajstić information content (AvgIpc) is 3.10. The van der Waals surface area contributed by atoms with Crippen molar-refractivity contribution in [3.63, 3.8) is 0 Å². The molecule has 1 aromatic carbocycles. The second-order valence-corrected chi connectivity index (χ2v) is 7.76. The van der Waals surface area contributed by atoms with E-state index in [1.807, 2.05) is 13.0 Å². The number of aromatic nitrogens is 2. The number of carbonyl (C=O) groups is 1. The van der Waals surface area contributed by atoms with Gasteiger partial charge in [-0.3, -0.25) is 0 Å². The van der Waals surface area contributed by atoms with Gasteiger partial charge in [0.1, 0.15) is 21.9 Å². The SMILES string of the molecule is CCOC(=O)c1sc2ncnc(NCc3ccccc3N3CCOCC3)c2c1C. The van der Waals surface area contributed by atoms with Crippen molar-refractivity contribution >= 4 is 39.0 Å². The zero-order valence-corrected chi connectivity index (χ0v) is 17.4. The van der Waals surface area contributed by atoms with E-state index >= 15 is 0 Å². The molecule has 3 aromatic rings. The molecule has 8 heteroatoms. The summed E-state index contributed by atoms with van der Waals surface area (Å²) in [5.74, 6) is 0.424. The van der Waals surface area contributed by atoms with E-state index in [1.165, 1.54) is 28.9 Å². The van der Waals surface area contributed by atoms with Gasteiger partial charge in [0, 0.05) is 25.3 Å². The zero-order valence-electron chi connectivity index (χ0n) is 16.6. The molecule has 0 unspecified atom stereocenters. The molecular formula is C21H24N4O3S. The van der Waals surface area contributed by atoms with Gasteiger partial charge in [-0.05, 0) is 31.0 Å². The maximum atomic E-state index is 12.2. The van der Waals surface area contributed by atoms with Crippen molar-refractivity contribution in [2.24, 2.45) is 0 Å². The number of hydrogen-bond donors (Lipinski definition) is 1. The summed E-state index contributed by atoms with van der Waals surface area (Å²) in [7, 11) is 0. The van der Waals surface area contributed by atoms with Crippen LogP contribution in [-0.2, 0) is 16.0 Å². The highest BCUT2D eigenvalue weighted by Gasteiger charge is 2.20. The molecule has 1 aliphatic rings. The second kappa shape index (κ2) is 8.75. The maximum absolute atomic E-state index is 12.2. The molecule has 4 rings (SSSR count). The first-order chi connectivity index (χ1) is 14.2. The van der Waals surface area contributed by atoms with Crippen LogP contribution in [-0.4, -0.2) is 48.8 Å². The maximum Gasteiger partial charge on any atom is 0.348 e. The number of aryl methyl sites for hydroxylation is 1. The first-order valence-corrected chi connectivity index (χ1v) is 10.6. The summed E-state index contributed by atoms with van der Waals surface area (Å²) in [6, 6.07) is 8.38. The second-order valence-electron chi connectivity index (χ2n) is 6.76. The molecule has 1 fully saturated rings. The largest absolute Gasteiger partial charge is 0.462 e. The molecule has 0 radical (unpaired) electrons. The predicted octanol–water partition coefficient (Wildman–Crippen LogP) is 3.63. The Bertz CT molecular complexity index is 1010. The number of benzene rings is 1. The lowest BCUT2D eigenvalue weighted by atomic mass is 10.1. The van der Waals surface area contributed by atoms with Crippen molar-refractivity contribution in [1.82, 2.24) is 9.97 Å². The summed E-state index contributed by atoms with van der Waals surface area (Å²) < 4.78 is 10.7. The number of esters is 1. The number of hydrogen-bond acceptors (Lipinski definition) is 8. The Kier molecular flexibility index (Phi) is 5.92. The number of para-hydroxylation sites is 1. The highest BCUT2D eigenvalue weighted by molar-refractivity contribution is 7.20. The first kappa shape index (κ1) is 19.6. The summed E-state index contributed by atoms with van der Waals surface area (Å²) >= 11 is 1.35. The van der Waals surface area contributed by atoms with Crippen LogP contribution < -0.4 is 10.2 Å². The van der Waals surface area contributed by atoms with Gasteiger partial charge in [0.2, 0.25) is 0 Å². The van der Waals surface area contributed by atoms with E-state index < -0.39 is 0 Å². The molecular weight excluding hydrogens is 388 g/mol. The van der Waals surface area contributed by atoms with Gasteiger partial charge >= 0.3 is 5.97 Å². The third-order valence-electron chi connectivity index (χ3n) is 4.98. The molecule has 7 nitrogen and oxygen atoms in total. The fourth-order valence-electron chi connectivity index (χ4n) is 3.55. The highest BCUT2D eigenvalue weighted by Crippen LogP contribution is 2.34. The molecule has 1 aliphatic heterocycles. The number of morpholine rings is 1. The van der Waals surface area contributed by atoms with Crippen LogP contribution in [0.3, 0.4) is 0 Å². The third kappa shape index (κ3) is 4.04. The van der Waals surface area contributed by atoms with Gasteiger partial charge in [-0.15, -0.1) is 11.3 Å². The minimum absolute atomic E-state index is 0.309. The summed E-state index contributed by atoms with van der Waals surface area (Å²) in [6.07, 6.45) is 1.53. The van der Waals surface area contributed by atoms with Crippen LogP contribution in [0.15, 0.2) is 30.6 Å². The van der Waals surface area contributed by atoms with E-state index in [0.29, 0.717) is 18.0 Å². The molecule has 0 aliphatic carbocycles. The molecule has 0 amide bonds. The normalized spacial score (nSPS) is 14.2. The van der Waals surface area contributed by atoms with Crippen LogP contribution in [0.1, 0.15) is 27.7 Å². The average molecular weight is 413 g/mol. The minimum Gasteiger partial charge on any atom is -0.462 e. The Morgan fingerprint density at radius 2 is 2.07 bits per heavy atom. The molecule has 0 bridgehead atoms. The molecule has 0 atom stereocenters. The minimum atomic E-state index is -0.309. The van der Waals surface area contributed by atoms with Crippen LogP contribution in [0.4, 0.5) is 11.5 Å². The fraction of sp³-hybridized carbons (Fsp3) is 0.381. The monoisotopic (exact) mass is 412 g/mol. The Morgan fingerprint density at radius 1 is 1.28 bits per heavy atom. The topological polar surface area (TPSA) is 76.6 Å². The lowest BCUT2D eigenvalue weighted by Crippen LogP contribution is -2.36. The molecule has 2 aromatic heterocycles. The molecule has 29 heavy (non-hydrogen) atoms. The Balaban J connectivity index is 1.60. The van der Waals surface area contributed by atoms with Gasteiger partial charge in [0.25, 0.3) is 0 Å². The van der Waals surface area contributed by atoms with E-state index in [4.69, 9.17) is 9.47 Å². The molecule has 0 spiro atoms. The van der Waals surface area contributed by atoms with Crippen molar-refractivity contribution in [2.45, 2.75) is 20.4 Å². The summed E-state index contributed by atoms with van der Waals surface area (Å²) in [5.41, 5.74) is 3.26. The standard InChI is InChI=1S/C21H24N4O3S/c1-3-28-21(26)18-14(2)17-19(23-13-24-20(17)29-18)22-12-15-6-4-5-7-16(15)25-8-10-27-11-9-25/h4-7,13H,3,8-12H2,1-2H3,(H,22,23,24). The first-order valence-electron chi connectivity index (χ1n) is 9.74. The number of nitrogens with zero attached hydrogens (tertiary/aromatic N) is 3. The van der Waals surface area contributed by atoms with Crippen LogP contribution in [0.25, 0.3) is 10.2 Å². The Hall–Kier alpha value is -2.71. The molecule has 3 heterocycles. The van der Waals surface area contributed by atoms with Gasteiger partial charge in [-0.1, -0.05) is 18.2 Å². The summed E-state index contributed by atoms with van der Waals surface area (Å²) in [4.78, 5) is 24.8. The third-order valence-corrected chi connectivity index (χ3v) is 6.16. The van der Waals surface area contributed by atoms with Crippen LogP contribution in [0.5, 0.6) is 0 Å². The number of anilines is 2. The summed E-state index contributed by atoms with van der Waals surface area (Å²) in [6.45, 7) is 7.98. The van der Waals surface area contributed by atoms with Crippen molar-refractivity contribution in [1.29, 1.82) is 0 Å². The van der Waals surface area contributed by atoms with Crippen LogP contribution >= 0.6 is 11.3 Å². The lowest BCUT2D eigenvalue weighted by Gasteiger charge is -2.30. The lowest BCUT2D eigenvalue weighted by molar-refractivity contribution is 0.0531. The van der Waals surface area contributed by atoms with E-state index in [0.717, 1.165) is 47.9 Å². The van der Waals surface area contributed by atoms with Gasteiger partial charge < -0.3 is 19.7 Å². The van der Waals surface area contributed by atoms with Crippen molar-refractivity contribution < 1.29 is 14.3 Å². The van der Waals surface area contributed by atoms with Gasteiger partial charge in [0.05, 0.1) is 25.2 Å². The number of carbonyl (C=O) groups excluding carboxylic acids is 1. The van der Waals surface area contributed by atoms with E-state index in [-0.39, 0.29) is 5.97 Å².